The number of hydrogen-bond acceptors (Lipinski definition) is 7. The van der Waals surface area contributed by atoms with Crippen LogP contribution < -0.4 is 16.0 Å². The summed E-state index contributed by atoms with van der Waals surface area (Å²) in [5.41, 5.74) is 1.62. The summed E-state index contributed by atoms with van der Waals surface area (Å²) in [6, 6.07) is 14.6. The van der Waals surface area contributed by atoms with Crippen molar-refractivity contribution >= 4 is 35.2 Å². The van der Waals surface area contributed by atoms with E-state index in [0.29, 0.717) is 11.1 Å². The Kier molecular flexibility index (Phi) is 11.4. The highest BCUT2D eigenvalue weighted by molar-refractivity contribution is 6.07. The number of nitrogens with zero attached hydrogens (tertiary/aromatic N) is 2. The fraction of sp³-hybridized carbons (Fsp3) is 0.361. The van der Waals surface area contributed by atoms with Crippen molar-refractivity contribution in [2.45, 2.75) is 64.2 Å². The number of hydrogen-bond donors (Lipinski definition) is 5. The van der Waals surface area contributed by atoms with E-state index < -0.39 is 53.7 Å². The van der Waals surface area contributed by atoms with Gasteiger partial charge in [0.2, 0.25) is 23.6 Å². The van der Waals surface area contributed by atoms with E-state index in [1.54, 1.807) is 42.5 Å². The van der Waals surface area contributed by atoms with Crippen LogP contribution in [-0.4, -0.2) is 87.8 Å². The molecule has 48 heavy (non-hydrogen) atoms. The Bertz CT molecular complexity index is 1640. The van der Waals surface area contributed by atoms with Gasteiger partial charge in [-0.05, 0) is 66.8 Å². The number of para-hydroxylation sites is 1. The van der Waals surface area contributed by atoms with Crippen LogP contribution in [0.25, 0.3) is 0 Å². The second-order valence-corrected chi connectivity index (χ2v) is 12.6. The molecule has 1 heterocycles. The third-order valence-corrected chi connectivity index (χ3v) is 8.44. The SMILES string of the molecule is CC(C)CC1NC(=O)C(Cc2ccc(O)cc2)N(C)C(=O)C(C)NC(=O)c2ccccc2NC(=O)C(Cc2ccc(O)cc2)N(C)C1=O. The molecule has 0 saturated heterocycles. The number of rotatable bonds is 6. The molecule has 4 unspecified atom stereocenters. The van der Waals surface area contributed by atoms with Crippen LogP contribution >= 0.6 is 0 Å². The number of benzene rings is 3. The summed E-state index contributed by atoms with van der Waals surface area (Å²) >= 11 is 0. The van der Waals surface area contributed by atoms with E-state index >= 15 is 0 Å². The maximum atomic E-state index is 14.2. The topological polar surface area (TPSA) is 168 Å². The first kappa shape index (κ1) is 35.5. The molecule has 12 heteroatoms. The molecule has 254 valence electrons. The molecule has 12 nitrogen and oxygen atoms in total. The summed E-state index contributed by atoms with van der Waals surface area (Å²) in [4.78, 5) is 72.0. The largest absolute Gasteiger partial charge is 0.508 e. The van der Waals surface area contributed by atoms with E-state index in [-0.39, 0.29) is 47.9 Å². The van der Waals surface area contributed by atoms with E-state index in [0.717, 1.165) is 0 Å². The van der Waals surface area contributed by atoms with Crippen molar-refractivity contribution in [3.63, 3.8) is 0 Å². The quantitative estimate of drug-likeness (QED) is 0.272. The van der Waals surface area contributed by atoms with Crippen LogP contribution in [0.1, 0.15) is 48.7 Å². The fourth-order valence-electron chi connectivity index (χ4n) is 5.68. The van der Waals surface area contributed by atoms with Crippen LogP contribution in [0.4, 0.5) is 5.69 Å². The van der Waals surface area contributed by atoms with Gasteiger partial charge in [-0.25, -0.2) is 0 Å². The molecule has 0 spiro atoms. The first-order valence-electron chi connectivity index (χ1n) is 15.9. The zero-order valence-corrected chi connectivity index (χ0v) is 27.8. The van der Waals surface area contributed by atoms with Crippen LogP contribution in [0.2, 0.25) is 0 Å². The van der Waals surface area contributed by atoms with Crippen molar-refractivity contribution in [2.24, 2.45) is 5.92 Å². The van der Waals surface area contributed by atoms with Crippen molar-refractivity contribution < 1.29 is 34.2 Å². The number of anilines is 1. The lowest BCUT2D eigenvalue weighted by molar-refractivity contribution is -0.143. The number of carbonyl (C=O) groups excluding carboxylic acids is 5. The van der Waals surface area contributed by atoms with Crippen molar-refractivity contribution in [1.29, 1.82) is 0 Å². The van der Waals surface area contributed by atoms with Gasteiger partial charge in [0, 0.05) is 26.9 Å². The average Bonchev–Trinajstić information content (AvgIpc) is 3.05. The van der Waals surface area contributed by atoms with E-state index in [4.69, 9.17) is 0 Å². The Balaban J connectivity index is 1.81. The predicted octanol–water partition coefficient (Wildman–Crippen LogP) is 2.84. The van der Waals surface area contributed by atoms with Gasteiger partial charge in [-0.2, -0.15) is 0 Å². The van der Waals surface area contributed by atoms with E-state index in [1.165, 1.54) is 61.2 Å². The Hall–Kier alpha value is -5.39. The third kappa shape index (κ3) is 8.69. The molecule has 0 radical (unpaired) electrons. The van der Waals surface area contributed by atoms with Crippen molar-refractivity contribution in [1.82, 2.24) is 20.4 Å². The minimum atomic E-state index is -1.09. The first-order chi connectivity index (χ1) is 22.7. The molecular formula is C36H43N5O7. The summed E-state index contributed by atoms with van der Waals surface area (Å²) in [5.74, 6) is -2.79. The van der Waals surface area contributed by atoms with E-state index in [9.17, 15) is 34.2 Å². The van der Waals surface area contributed by atoms with Gasteiger partial charge in [0.15, 0.2) is 0 Å². The number of aromatic hydroxyl groups is 2. The molecule has 0 fully saturated rings. The molecule has 5 amide bonds. The minimum absolute atomic E-state index is 0.0281. The Morgan fingerprint density at radius 2 is 1.19 bits per heavy atom. The van der Waals surface area contributed by atoms with Crippen LogP contribution in [-0.2, 0) is 32.0 Å². The second-order valence-electron chi connectivity index (χ2n) is 12.6. The minimum Gasteiger partial charge on any atom is -0.508 e. The average molecular weight is 658 g/mol. The highest BCUT2D eigenvalue weighted by atomic mass is 16.3. The Morgan fingerprint density at radius 3 is 1.73 bits per heavy atom. The molecule has 0 aromatic heterocycles. The number of phenolic OH excluding ortho intramolecular Hbond substituents is 2. The summed E-state index contributed by atoms with van der Waals surface area (Å²) in [6.07, 6.45) is 0.381. The predicted molar refractivity (Wildman–Crippen MR) is 180 cm³/mol. The number of nitrogens with one attached hydrogen (secondary N) is 3. The molecular weight excluding hydrogens is 614 g/mol. The van der Waals surface area contributed by atoms with Crippen LogP contribution in [0.5, 0.6) is 11.5 Å². The van der Waals surface area contributed by atoms with Gasteiger partial charge >= 0.3 is 0 Å². The second kappa shape index (κ2) is 15.5. The summed E-state index contributed by atoms with van der Waals surface area (Å²) in [6.45, 7) is 5.32. The van der Waals surface area contributed by atoms with Crippen molar-refractivity contribution in [2.75, 3.05) is 19.4 Å². The van der Waals surface area contributed by atoms with Gasteiger partial charge in [-0.3, -0.25) is 24.0 Å². The number of likely N-dealkylation sites (N-methyl/N-ethyl adjacent to an activating group) is 2. The molecule has 1 aliphatic rings. The number of fused-ring (bicyclic) bond motifs is 1. The molecule has 4 rings (SSSR count). The van der Waals surface area contributed by atoms with Gasteiger partial charge in [0.25, 0.3) is 5.91 Å². The van der Waals surface area contributed by atoms with Crippen LogP contribution in [0.3, 0.4) is 0 Å². The van der Waals surface area contributed by atoms with Gasteiger partial charge in [0.05, 0.1) is 11.3 Å². The zero-order valence-electron chi connectivity index (χ0n) is 27.8. The molecule has 0 saturated carbocycles. The molecule has 5 N–H and O–H groups in total. The summed E-state index contributed by atoms with van der Waals surface area (Å²) in [7, 11) is 2.95. The standard InChI is InChI=1S/C36H43N5O7/c1-21(2)18-29-36(48)41(5)31(20-24-12-16-26(43)17-13-24)33(45)38-28-9-7-6-8-27(28)32(44)37-22(3)35(47)40(4)30(34(46)39-29)19-23-10-14-25(42)15-11-23/h6-17,21-22,29-31,42-43H,18-20H2,1-5H3,(H,37,44)(H,38,45)(H,39,46). The fourth-order valence-corrected chi connectivity index (χ4v) is 5.68. The third-order valence-electron chi connectivity index (χ3n) is 8.44. The van der Waals surface area contributed by atoms with E-state index in [2.05, 4.69) is 16.0 Å². The highest BCUT2D eigenvalue weighted by Crippen LogP contribution is 2.21. The number of carbonyl (C=O) groups is 5. The maximum absolute atomic E-state index is 14.2. The maximum Gasteiger partial charge on any atom is 0.254 e. The molecule has 1 aliphatic heterocycles. The highest BCUT2D eigenvalue weighted by Gasteiger charge is 2.37. The smallest absolute Gasteiger partial charge is 0.254 e. The van der Waals surface area contributed by atoms with Gasteiger partial charge in [-0.15, -0.1) is 0 Å². The van der Waals surface area contributed by atoms with Gasteiger partial charge in [0.1, 0.15) is 35.7 Å². The first-order valence-corrected chi connectivity index (χ1v) is 15.9. The molecule has 0 bridgehead atoms. The lowest BCUT2D eigenvalue weighted by Crippen LogP contribution is -2.59. The molecule has 4 atom stereocenters. The van der Waals surface area contributed by atoms with E-state index in [1.807, 2.05) is 13.8 Å². The number of amides is 5. The zero-order chi connectivity index (χ0) is 35.1. The van der Waals surface area contributed by atoms with Crippen molar-refractivity contribution in [3.8, 4) is 11.5 Å². The molecule has 0 aliphatic carbocycles. The monoisotopic (exact) mass is 657 g/mol. The summed E-state index contributed by atoms with van der Waals surface area (Å²) in [5, 5.41) is 28.0. The lowest BCUT2D eigenvalue weighted by atomic mass is 9.98. The lowest BCUT2D eigenvalue weighted by Gasteiger charge is -2.34. The van der Waals surface area contributed by atoms with Gasteiger partial charge < -0.3 is 36.0 Å². The molecule has 3 aromatic rings. The Morgan fingerprint density at radius 1 is 0.688 bits per heavy atom. The Labute approximate surface area is 280 Å². The van der Waals surface area contributed by atoms with Crippen LogP contribution in [0.15, 0.2) is 72.8 Å². The number of phenols is 2. The van der Waals surface area contributed by atoms with Gasteiger partial charge in [-0.1, -0.05) is 50.2 Å². The summed E-state index contributed by atoms with van der Waals surface area (Å²) < 4.78 is 0. The van der Waals surface area contributed by atoms with Crippen LogP contribution in [0, 0.1) is 5.92 Å². The van der Waals surface area contributed by atoms with Crippen molar-refractivity contribution in [3.05, 3.63) is 89.5 Å². The molecule has 3 aromatic carbocycles. The normalized spacial score (nSPS) is 21.4.